The summed E-state index contributed by atoms with van der Waals surface area (Å²) in [6.07, 6.45) is -3.85. The van der Waals surface area contributed by atoms with Gasteiger partial charge in [0.25, 0.3) is 0 Å². The maximum Gasteiger partial charge on any atom is 0.422 e. The van der Waals surface area contributed by atoms with Gasteiger partial charge in [-0.1, -0.05) is 12.1 Å². The van der Waals surface area contributed by atoms with Gasteiger partial charge < -0.3 is 23.7 Å². The van der Waals surface area contributed by atoms with E-state index >= 15 is 0 Å². The zero-order chi connectivity index (χ0) is 18.4. The van der Waals surface area contributed by atoms with Crippen LogP contribution in [0.3, 0.4) is 0 Å². The van der Waals surface area contributed by atoms with E-state index < -0.39 is 12.8 Å². The summed E-state index contributed by atoms with van der Waals surface area (Å²) in [6, 6.07) is 11.5. The molecule has 0 fully saturated rings. The Hall–Kier alpha value is -2.77. The maximum absolute atomic E-state index is 12.3. The first-order valence-electron chi connectivity index (χ1n) is 7.95. The Labute approximate surface area is 148 Å². The van der Waals surface area contributed by atoms with Gasteiger partial charge in [-0.05, 0) is 24.3 Å². The standard InChI is InChI=1S/C18H17F3O5/c19-18(20,21)11-24-15-5-2-1-4-14(15)23-9-3-8-22-13-6-7-16-17(10-13)26-12-25-16/h1-2,4-7,10H,3,8-9,11-12H2. The fourth-order valence-electron chi connectivity index (χ4n) is 2.25. The molecule has 2 aromatic rings. The first-order chi connectivity index (χ1) is 12.5. The van der Waals surface area contributed by atoms with E-state index in [1.807, 2.05) is 0 Å². The van der Waals surface area contributed by atoms with Crippen LogP contribution in [0.2, 0.25) is 0 Å². The number of benzene rings is 2. The van der Waals surface area contributed by atoms with Crippen LogP contribution in [0.1, 0.15) is 6.42 Å². The third kappa shape index (κ3) is 5.11. The summed E-state index contributed by atoms with van der Waals surface area (Å²) in [7, 11) is 0. The van der Waals surface area contributed by atoms with Gasteiger partial charge in [-0.2, -0.15) is 13.2 Å². The Morgan fingerprint density at radius 2 is 1.54 bits per heavy atom. The summed E-state index contributed by atoms with van der Waals surface area (Å²) < 4.78 is 63.1. The maximum atomic E-state index is 12.3. The molecule has 1 aliphatic rings. The highest BCUT2D eigenvalue weighted by atomic mass is 19.4. The minimum Gasteiger partial charge on any atom is -0.493 e. The van der Waals surface area contributed by atoms with Gasteiger partial charge in [0.1, 0.15) is 5.75 Å². The van der Waals surface area contributed by atoms with Crippen molar-refractivity contribution < 1.29 is 36.9 Å². The van der Waals surface area contributed by atoms with Crippen molar-refractivity contribution in [3.8, 4) is 28.7 Å². The van der Waals surface area contributed by atoms with Crippen molar-refractivity contribution in [3.63, 3.8) is 0 Å². The summed E-state index contributed by atoms with van der Waals surface area (Å²) >= 11 is 0. The Bertz CT molecular complexity index is 733. The summed E-state index contributed by atoms with van der Waals surface area (Å²) in [6.45, 7) is -0.509. The van der Waals surface area contributed by atoms with Gasteiger partial charge in [0, 0.05) is 12.5 Å². The number of halogens is 3. The molecule has 0 aromatic heterocycles. The van der Waals surface area contributed by atoms with E-state index in [0.29, 0.717) is 30.3 Å². The molecule has 0 saturated heterocycles. The van der Waals surface area contributed by atoms with Crippen molar-refractivity contribution in [1.82, 2.24) is 0 Å². The monoisotopic (exact) mass is 370 g/mol. The largest absolute Gasteiger partial charge is 0.493 e. The number of para-hydroxylation sites is 2. The molecular formula is C18H17F3O5. The zero-order valence-electron chi connectivity index (χ0n) is 13.8. The average molecular weight is 370 g/mol. The minimum absolute atomic E-state index is 0.0570. The number of hydrogen-bond donors (Lipinski definition) is 0. The van der Waals surface area contributed by atoms with E-state index in [1.165, 1.54) is 6.07 Å². The van der Waals surface area contributed by atoms with E-state index in [4.69, 9.17) is 23.7 Å². The molecule has 0 spiro atoms. The van der Waals surface area contributed by atoms with Gasteiger partial charge in [-0.15, -0.1) is 0 Å². The SMILES string of the molecule is FC(F)(F)COc1ccccc1OCCCOc1ccc2c(c1)OCO2. The highest BCUT2D eigenvalue weighted by Crippen LogP contribution is 2.35. The lowest BCUT2D eigenvalue weighted by molar-refractivity contribution is -0.153. The number of hydrogen-bond acceptors (Lipinski definition) is 5. The second kappa shape index (κ2) is 8.07. The van der Waals surface area contributed by atoms with E-state index in [-0.39, 0.29) is 24.9 Å². The molecule has 1 heterocycles. The van der Waals surface area contributed by atoms with Crippen LogP contribution < -0.4 is 23.7 Å². The fraction of sp³-hybridized carbons (Fsp3) is 0.333. The molecular weight excluding hydrogens is 353 g/mol. The molecule has 1 aliphatic heterocycles. The molecule has 0 saturated carbocycles. The van der Waals surface area contributed by atoms with Crippen molar-refractivity contribution in [1.29, 1.82) is 0 Å². The highest BCUT2D eigenvalue weighted by Gasteiger charge is 2.28. The predicted molar refractivity (Wildman–Crippen MR) is 86.2 cm³/mol. The van der Waals surface area contributed by atoms with E-state index in [2.05, 4.69) is 0 Å². The molecule has 0 N–H and O–H groups in total. The van der Waals surface area contributed by atoms with Gasteiger partial charge in [-0.25, -0.2) is 0 Å². The molecule has 140 valence electrons. The molecule has 0 amide bonds. The Morgan fingerprint density at radius 3 is 2.31 bits per heavy atom. The number of fused-ring (bicyclic) bond motifs is 1. The third-order valence-electron chi connectivity index (χ3n) is 3.40. The Kier molecular flexibility index (Phi) is 5.60. The Morgan fingerprint density at radius 1 is 0.846 bits per heavy atom. The van der Waals surface area contributed by atoms with Gasteiger partial charge in [0.2, 0.25) is 6.79 Å². The lowest BCUT2D eigenvalue weighted by atomic mass is 10.3. The first kappa shape index (κ1) is 18.0. The fourth-order valence-corrected chi connectivity index (χ4v) is 2.25. The van der Waals surface area contributed by atoms with Crippen LogP contribution in [-0.4, -0.2) is 32.8 Å². The van der Waals surface area contributed by atoms with Crippen LogP contribution in [0.25, 0.3) is 0 Å². The molecule has 0 unspecified atom stereocenters. The van der Waals surface area contributed by atoms with E-state index in [0.717, 1.165) is 0 Å². The molecule has 5 nitrogen and oxygen atoms in total. The normalized spacial score (nSPS) is 12.7. The summed E-state index contributed by atoms with van der Waals surface area (Å²) in [5.74, 6) is 2.27. The molecule has 0 bridgehead atoms. The van der Waals surface area contributed by atoms with Crippen LogP contribution in [0, 0.1) is 0 Å². The van der Waals surface area contributed by atoms with Gasteiger partial charge in [0.05, 0.1) is 13.2 Å². The molecule has 8 heteroatoms. The quantitative estimate of drug-likeness (QED) is 0.652. The van der Waals surface area contributed by atoms with Crippen molar-refractivity contribution >= 4 is 0 Å². The highest BCUT2D eigenvalue weighted by molar-refractivity contribution is 5.46. The second-order valence-corrected chi connectivity index (χ2v) is 5.42. The van der Waals surface area contributed by atoms with Crippen LogP contribution in [0.15, 0.2) is 42.5 Å². The van der Waals surface area contributed by atoms with Crippen LogP contribution in [0.5, 0.6) is 28.7 Å². The average Bonchev–Trinajstić information content (AvgIpc) is 3.07. The van der Waals surface area contributed by atoms with Gasteiger partial charge in [0.15, 0.2) is 29.6 Å². The third-order valence-corrected chi connectivity index (χ3v) is 3.40. The van der Waals surface area contributed by atoms with Crippen LogP contribution >= 0.6 is 0 Å². The lowest BCUT2D eigenvalue weighted by Crippen LogP contribution is -2.19. The van der Waals surface area contributed by atoms with Gasteiger partial charge >= 0.3 is 6.18 Å². The first-order valence-corrected chi connectivity index (χ1v) is 7.95. The molecule has 0 atom stereocenters. The number of ether oxygens (including phenoxy) is 5. The molecule has 26 heavy (non-hydrogen) atoms. The second-order valence-electron chi connectivity index (χ2n) is 5.42. The lowest BCUT2D eigenvalue weighted by Gasteiger charge is -2.14. The number of alkyl halides is 3. The van der Waals surface area contributed by atoms with Crippen molar-refractivity contribution in [3.05, 3.63) is 42.5 Å². The van der Waals surface area contributed by atoms with Gasteiger partial charge in [-0.3, -0.25) is 0 Å². The summed E-state index contributed by atoms with van der Waals surface area (Å²) in [4.78, 5) is 0. The smallest absolute Gasteiger partial charge is 0.422 e. The van der Waals surface area contributed by atoms with E-state index in [9.17, 15) is 13.2 Å². The van der Waals surface area contributed by atoms with Crippen molar-refractivity contribution in [2.24, 2.45) is 0 Å². The molecule has 3 rings (SSSR count). The van der Waals surface area contributed by atoms with Crippen molar-refractivity contribution in [2.45, 2.75) is 12.6 Å². The molecule has 0 radical (unpaired) electrons. The summed E-state index contributed by atoms with van der Waals surface area (Å²) in [5, 5.41) is 0. The Balaban J connectivity index is 1.42. The van der Waals surface area contributed by atoms with Crippen molar-refractivity contribution in [2.75, 3.05) is 26.6 Å². The van der Waals surface area contributed by atoms with Crippen LogP contribution in [-0.2, 0) is 0 Å². The zero-order valence-corrected chi connectivity index (χ0v) is 13.8. The predicted octanol–water partition coefficient (Wildman–Crippen LogP) is 4.20. The molecule has 2 aromatic carbocycles. The minimum atomic E-state index is -4.40. The molecule has 0 aliphatic carbocycles. The topological polar surface area (TPSA) is 46.2 Å². The number of rotatable bonds is 8. The summed E-state index contributed by atoms with van der Waals surface area (Å²) in [5.41, 5.74) is 0. The van der Waals surface area contributed by atoms with Crippen LogP contribution in [0.4, 0.5) is 13.2 Å². The van der Waals surface area contributed by atoms with E-state index in [1.54, 1.807) is 36.4 Å².